The largest absolute Gasteiger partial charge is 0.508 e. The number of phenolic OH excluding ortho intramolecular Hbond substituents is 1. The highest BCUT2D eigenvalue weighted by atomic mass is 16.3. The third-order valence-corrected chi connectivity index (χ3v) is 6.68. The molecule has 4 N–H and O–H groups in total. The van der Waals surface area contributed by atoms with Gasteiger partial charge in [-0.05, 0) is 54.0 Å². The maximum absolute atomic E-state index is 11.8. The van der Waals surface area contributed by atoms with Gasteiger partial charge in [-0.1, -0.05) is 69.5 Å². The summed E-state index contributed by atoms with van der Waals surface area (Å²) in [6.07, 6.45) is 5.33. The van der Waals surface area contributed by atoms with E-state index in [4.69, 9.17) is 0 Å². The molecule has 5 nitrogen and oxygen atoms in total. The van der Waals surface area contributed by atoms with Crippen LogP contribution < -0.4 is 10.6 Å². The molecule has 5 heteroatoms. The first-order chi connectivity index (χ1) is 15.3. The first kappa shape index (κ1) is 24.3. The first-order valence-electron chi connectivity index (χ1n) is 11.9. The predicted molar refractivity (Wildman–Crippen MR) is 129 cm³/mol. The van der Waals surface area contributed by atoms with Crippen molar-refractivity contribution < 1.29 is 15.0 Å². The Balaban J connectivity index is 1.77. The van der Waals surface area contributed by atoms with Gasteiger partial charge in [0, 0.05) is 19.0 Å². The van der Waals surface area contributed by atoms with Crippen molar-refractivity contribution in [3.8, 4) is 5.75 Å². The average molecular weight is 439 g/mol. The second-order valence-electron chi connectivity index (χ2n) is 9.55. The summed E-state index contributed by atoms with van der Waals surface area (Å²) in [7, 11) is 0. The van der Waals surface area contributed by atoms with Gasteiger partial charge in [0.15, 0.2) is 0 Å². The van der Waals surface area contributed by atoms with Gasteiger partial charge in [0.25, 0.3) is 0 Å². The van der Waals surface area contributed by atoms with Crippen LogP contribution in [0.2, 0.25) is 0 Å². The monoisotopic (exact) mass is 438 g/mol. The molecule has 1 aliphatic carbocycles. The van der Waals surface area contributed by atoms with E-state index in [1.807, 2.05) is 6.07 Å². The summed E-state index contributed by atoms with van der Waals surface area (Å²) in [6, 6.07) is 15.4. The van der Waals surface area contributed by atoms with Crippen LogP contribution in [0.15, 0.2) is 48.5 Å². The maximum Gasteiger partial charge on any atom is 0.217 e. The number of hydrogen-bond donors (Lipinski definition) is 4. The fourth-order valence-corrected chi connectivity index (χ4v) is 4.84. The second-order valence-corrected chi connectivity index (χ2v) is 9.55. The van der Waals surface area contributed by atoms with Gasteiger partial charge in [-0.15, -0.1) is 0 Å². The molecule has 0 radical (unpaired) electrons. The SMILES string of the molecule is CC(=O)N[C@@H](Cc1cccc(O)c1)[C@H](O)CNC1(c2cccc(C(C)C)c2)CCCCC1. The molecular formula is C27H38N2O3. The topological polar surface area (TPSA) is 81.6 Å². The molecule has 174 valence electrons. The molecule has 2 atom stereocenters. The molecule has 1 aliphatic rings. The molecule has 1 saturated carbocycles. The number of hydrogen-bond acceptors (Lipinski definition) is 4. The molecule has 0 bridgehead atoms. The molecule has 2 aromatic carbocycles. The number of rotatable bonds is 9. The predicted octanol–water partition coefficient (Wildman–Crippen LogP) is 4.37. The summed E-state index contributed by atoms with van der Waals surface area (Å²) >= 11 is 0. The summed E-state index contributed by atoms with van der Waals surface area (Å²) in [5, 5.41) is 27.5. The summed E-state index contributed by atoms with van der Waals surface area (Å²) in [4.78, 5) is 11.8. The lowest BCUT2D eigenvalue weighted by atomic mass is 9.75. The number of aromatic hydroxyl groups is 1. The standard InChI is InChI=1S/C27H38N2O3/c1-19(2)22-10-8-11-23(17-22)27(13-5-4-6-14-27)28-18-26(32)25(29-20(3)30)16-21-9-7-12-24(31)15-21/h7-12,15,17,19,25-26,28,31-32H,4-6,13-14,16,18H2,1-3H3,(H,29,30)/t25-,26+/m0/s1. The lowest BCUT2D eigenvalue weighted by molar-refractivity contribution is -0.120. The molecule has 1 fully saturated rings. The van der Waals surface area contributed by atoms with Crippen molar-refractivity contribution in [3.05, 3.63) is 65.2 Å². The van der Waals surface area contributed by atoms with Gasteiger partial charge in [-0.25, -0.2) is 0 Å². The summed E-state index contributed by atoms with van der Waals surface area (Å²) in [5.74, 6) is 0.474. The molecule has 0 saturated heterocycles. The third-order valence-electron chi connectivity index (χ3n) is 6.68. The Morgan fingerprint density at radius 1 is 1.06 bits per heavy atom. The Kier molecular flexibility index (Phi) is 8.32. The number of benzene rings is 2. The number of nitrogens with one attached hydrogen (secondary N) is 2. The molecule has 0 heterocycles. The molecule has 1 amide bonds. The highest BCUT2D eigenvalue weighted by Crippen LogP contribution is 2.38. The van der Waals surface area contributed by atoms with Crippen LogP contribution in [-0.4, -0.2) is 34.8 Å². The van der Waals surface area contributed by atoms with E-state index in [0.29, 0.717) is 18.9 Å². The first-order valence-corrected chi connectivity index (χ1v) is 11.9. The summed E-state index contributed by atoms with van der Waals surface area (Å²) < 4.78 is 0. The van der Waals surface area contributed by atoms with E-state index in [0.717, 1.165) is 31.2 Å². The Morgan fingerprint density at radius 2 is 1.78 bits per heavy atom. The van der Waals surface area contributed by atoms with E-state index in [9.17, 15) is 15.0 Å². The van der Waals surface area contributed by atoms with Crippen molar-refractivity contribution in [2.45, 2.75) is 82.9 Å². The second kappa shape index (κ2) is 11.0. The lowest BCUT2D eigenvalue weighted by Crippen LogP contribution is -2.53. The van der Waals surface area contributed by atoms with Crippen LogP contribution in [0.4, 0.5) is 0 Å². The van der Waals surface area contributed by atoms with Crippen molar-refractivity contribution in [2.75, 3.05) is 6.54 Å². The van der Waals surface area contributed by atoms with Crippen molar-refractivity contribution in [1.82, 2.24) is 10.6 Å². The minimum atomic E-state index is -0.756. The zero-order valence-electron chi connectivity index (χ0n) is 19.6. The highest BCUT2D eigenvalue weighted by Gasteiger charge is 2.35. The molecule has 0 unspecified atom stereocenters. The minimum absolute atomic E-state index is 0.157. The highest BCUT2D eigenvalue weighted by molar-refractivity contribution is 5.73. The van der Waals surface area contributed by atoms with Crippen LogP contribution in [0.3, 0.4) is 0 Å². The van der Waals surface area contributed by atoms with Gasteiger partial charge >= 0.3 is 0 Å². The van der Waals surface area contributed by atoms with E-state index in [1.54, 1.807) is 18.2 Å². The van der Waals surface area contributed by atoms with Crippen LogP contribution in [0, 0.1) is 0 Å². The molecular weight excluding hydrogens is 400 g/mol. The van der Waals surface area contributed by atoms with Crippen LogP contribution in [0.25, 0.3) is 0 Å². The zero-order valence-corrected chi connectivity index (χ0v) is 19.6. The fourth-order valence-electron chi connectivity index (χ4n) is 4.84. The third kappa shape index (κ3) is 6.33. The van der Waals surface area contributed by atoms with Crippen molar-refractivity contribution in [1.29, 1.82) is 0 Å². The fraction of sp³-hybridized carbons (Fsp3) is 0.519. The van der Waals surface area contributed by atoms with E-state index in [1.165, 1.54) is 24.5 Å². The van der Waals surface area contributed by atoms with Gasteiger partial charge in [-0.3, -0.25) is 4.79 Å². The molecule has 0 spiro atoms. The smallest absolute Gasteiger partial charge is 0.217 e. The van der Waals surface area contributed by atoms with Crippen LogP contribution >= 0.6 is 0 Å². The van der Waals surface area contributed by atoms with Gasteiger partial charge in [-0.2, -0.15) is 0 Å². The summed E-state index contributed by atoms with van der Waals surface area (Å²) in [5.41, 5.74) is 3.34. The maximum atomic E-state index is 11.8. The van der Waals surface area contributed by atoms with E-state index >= 15 is 0 Å². The van der Waals surface area contributed by atoms with Crippen molar-refractivity contribution in [3.63, 3.8) is 0 Å². The quantitative estimate of drug-likeness (QED) is 0.469. The Morgan fingerprint density at radius 3 is 2.44 bits per heavy atom. The van der Waals surface area contributed by atoms with Crippen LogP contribution in [0.1, 0.15) is 75.5 Å². The minimum Gasteiger partial charge on any atom is -0.508 e. The number of phenols is 1. The van der Waals surface area contributed by atoms with Gasteiger partial charge in [0.1, 0.15) is 5.75 Å². The van der Waals surface area contributed by atoms with Crippen LogP contribution in [-0.2, 0) is 16.8 Å². The molecule has 2 aromatic rings. The number of aliphatic hydroxyl groups is 1. The van der Waals surface area contributed by atoms with Crippen molar-refractivity contribution in [2.24, 2.45) is 0 Å². The van der Waals surface area contributed by atoms with E-state index < -0.39 is 12.1 Å². The lowest BCUT2D eigenvalue weighted by Gasteiger charge is -2.40. The Labute approximate surface area is 192 Å². The Bertz CT molecular complexity index is 890. The number of carbonyl (C=O) groups is 1. The Hall–Kier alpha value is -2.37. The number of aliphatic hydroxyl groups excluding tert-OH is 1. The van der Waals surface area contributed by atoms with Gasteiger partial charge < -0.3 is 20.8 Å². The average Bonchev–Trinajstić information content (AvgIpc) is 2.77. The van der Waals surface area contributed by atoms with Gasteiger partial charge in [0.05, 0.1) is 12.1 Å². The normalized spacial score (nSPS) is 17.7. The van der Waals surface area contributed by atoms with E-state index in [2.05, 4.69) is 48.7 Å². The summed E-state index contributed by atoms with van der Waals surface area (Å²) in [6.45, 7) is 6.28. The van der Waals surface area contributed by atoms with Crippen molar-refractivity contribution >= 4 is 5.91 Å². The molecule has 0 aliphatic heterocycles. The van der Waals surface area contributed by atoms with Crippen LogP contribution in [0.5, 0.6) is 5.75 Å². The number of carbonyl (C=O) groups excluding carboxylic acids is 1. The van der Waals surface area contributed by atoms with E-state index in [-0.39, 0.29) is 17.2 Å². The number of amides is 1. The zero-order chi connectivity index (χ0) is 23.1. The molecule has 32 heavy (non-hydrogen) atoms. The molecule has 3 rings (SSSR count). The van der Waals surface area contributed by atoms with Gasteiger partial charge in [0.2, 0.25) is 5.91 Å². The molecule has 0 aromatic heterocycles.